The highest BCUT2D eigenvalue weighted by molar-refractivity contribution is 5.98. The average Bonchev–Trinajstić information content (AvgIpc) is 3.11. The zero-order valence-corrected chi connectivity index (χ0v) is 15.9. The molecule has 2 aromatic rings. The van der Waals surface area contributed by atoms with Crippen molar-refractivity contribution >= 4 is 11.6 Å². The molecule has 0 saturated carbocycles. The van der Waals surface area contributed by atoms with Crippen LogP contribution in [0.3, 0.4) is 0 Å². The number of amides is 1. The number of rotatable bonds is 6. The predicted molar refractivity (Wildman–Crippen MR) is 104 cm³/mol. The lowest BCUT2D eigenvalue weighted by Crippen LogP contribution is -2.34. The summed E-state index contributed by atoms with van der Waals surface area (Å²) in [5, 5.41) is 11.2. The summed E-state index contributed by atoms with van der Waals surface area (Å²) in [5.74, 6) is 1.13. The number of nitro benzene ring substituents is 1. The minimum Gasteiger partial charge on any atom is -0.497 e. The molecule has 148 valence electrons. The van der Waals surface area contributed by atoms with E-state index in [1.54, 1.807) is 36.3 Å². The van der Waals surface area contributed by atoms with Gasteiger partial charge >= 0.3 is 0 Å². The van der Waals surface area contributed by atoms with Gasteiger partial charge in [-0.2, -0.15) is 0 Å². The van der Waals surface area contributed by atoms with Crippen LogP contribution in [0.25, 0.3) is 0 Å². The molecular weight excluding hydrogens is 362 g/mol. The molecule has 8 heteroatoms. The first-order chi connectivity index (χ1) is 13.3. The molecule has 8 nitrogen and oxygen atoms in total. The van der Waals surface area contributed by atoms with Crippen LogP contribution in [0.1, 0.15) is 23.7 Å². The number of ether oxygens (including phenoxy) is 2. The van der Waals surface area contributed by atoms with Gasteiger partial charge in [-0.3, -0.25) is 14.9 Å². The van der Waals surface area contributed by atoms with Crippen molar-refractivity contribution in [2.75, 3.05) is 26.7 Å². The standard InChI is InChI=1S/C20H23N3O5/c1-20(12-21)9-10-22(13-20)19(24)17-11-14(23(25)26)3-8-18(17)28-16-6-4-15(27-2)5-7-16/h3-8,11H,9-10,12-13,21H2,1-2H3. The lowest BCUT2D eigenvalue weighted by Gasteiger charge is -2.23. The van der Waals surface area contributed by atoms with Gasteiger partial charge in [-0.1, -0.05) is 6.92 Å². The topological polar surface area (TPSA) is 108 Å². The summed E-state index contributed by atoms with van der Waals surface area (Å²) in [6, 6.07) is 10.9. The summed E-state index contributed by atoms with van der Waals surface area (Å²) in [4.78, 5) is 25.4. The SMILES string of the molecule is COc1ccc(Oc2ccc([N+](=O)[O-])cc2C(=O)N2CCC(C)(CN)C2)cc1. The van der Waals surface area contributed by atoms with Crippen LogP contribution < -0.4 is 15.2 Å². The third-order valence-electron chi connectivity index (χ3n) is 5.03. The monoisotopic (exact) mass is 385 g/mol. The predicted octanol–water partition coefficient (Wildman–Crippen LogP) is 3.21. The molecule has 0 aliphatic carbocycles. The molecule has 1 unspecified atom stereocenters. The van der Waals surface area contributed by atoms with E-state index in [1.807, 2.05) is 6.92 Å². The van der Waals surface area contributed by atoms with Crippen LogP contribution in [-0.4, -0.2) is 42.5 Å². The molecule has 2 N–H and O–H groups in total. The molecule has 2 aromatic carbocycles. The number of hydrogen-bond donors (Lipinski definition) is 1. The Hall–Kier alpha value is -3.13. The number of methoxy groups -OCH3 is 1. The summed E-state index contributed by atoms with van der Waals surface area (Å²) in [7, 11) is 1.56. The van der Waals surface area contributed by atoms with Crippen LogP contribution in [-0.2, 0) is 0 Å². The number of hydrogen-bond acceptors (Lipinski definition) is 6. The molecule has 1 saturated heterocycles. The molecule has 1 heterocycles. The van der Waals surface area contributed by atoms with Crippen molar-refractivity contribution in [3.8, 4) is 17.2 Å². The smallest absolute Gasteiger partial charge is 0.270 e. The Bertz CT molecular complexity index is 884. The molecule has 0 aromatic heterocycles. The van der Waals surface area contributed by atoms with E-state index in [9.17, 15) is 14.9 Å². The van der Waals surface area contributed by atoms with Crippen molar-refractivity contribution in [2.45, 2.75) is 13.3 Å². The van der Waals surface area contributed by atoms with Crippen LogP contribution >= 0.6 is 0 Å². The number of nitrogens with zero attached hydrogens (tertiary/aromatic N) is 2. The molecule has 1 atom stereocenters. The van der Waals surface area contributed by atoms with E-state index < -0.39 is 4.92 Å². The van der Waals surface area contributed by atoms with Gasteiger partial charge in [-0.25, -0.2) is 0 Å². The first kappa shape index (κ1) is 19.6. The minimum atomic E-state index is -0.526. The average molecular weight is 385 g/mol. The van der Waals surface area contributed by atoms with E-state index in [2.05, 4.69) is 0 Å². The molecule has 0 radical (unpaired) electrons. The summed E-state index contributed by atoms with van der Waals surface area (Å²) in [6.07, 6.45) is 0.791. The number of carbonyl (C=O) groups is 1. The number of nitro groups is 1. The van der Waals surface area contributed by atoms with Crippen molar-refractivity contribution in [1.29, 1.82) is 0 Å². The van der Waals surface area contributed by atoms with E-state index in [0.29, 0.717) is 31.1 Å². The maximum absolute atomic E-state index is 13.1. The molecule has 0 bridgehead atoms. The summed E-state index contributed by atoms with van der Waals surface area (Å²) < 4.78 is 11.0. The molecule has 28 heavy (non-hydrogen) atoms. The van der Waals surface area contributed by atoms with Gasteiger partial charge in [0.2, 0.25) is 0 Å². The number of nitrogens with two attached hydrogens (primary N) is 1. The van der Waals surface area contributed by atoms with Gasteiger partial charge in [-0.15, -0.1) is 0 Å². The fourth-order valence-electron chi connectivity index (χ4n) is 3.19. The first-order valence-corrected chi connectivity index (χ1v) is 8.95. The lowest BCUT2D eigenvalue weighted by atomic mass is 9.90. The van der Waals surface area contributed by atoms with E-state index in [-0.39, 0.29) is 28.3 Å². The van der Waals surface area contributed by atoms with Gasteiger partial charge in [0.1, 0.15) is 17.2 Å². The molecule has 0 spiro atoms. The van der Waals surface area contributed by atoms with Crippen molar-refractivity contribution in [3.05, 3.63) is 58.1 Å². The Kier molecular flexibility index (Phi) is 5.51. The zero-order chi connectivity index (χ0) is 20.3. The zero-order valence-electron chi connectivity index (χ0n) is 15.9. The van der Waals surface area contributed by atoms with Crippen LogP contribution in [0.5, 0.6) is 17.2 Å². The van der Waals surface area contributed by atoms with Crippen molar-refractivity contribution in [3.63, 3.8) is 0 Å². The van der Waals surface area contributed by atoms with Gasteiger partial charge < -0.3 is 20.1 Å². The normalized spacial score (nSPS) is 18.8. The lowest BCUT2D eigenvalue weighted by molar-refractivity contribution is -0.384. The second kappa shape index (κ2) is 7.85. The summed E-state index contributed by atoms with van der Waals surface area (Å²) in [5.41, 5.74) is 5.68. The maximum Gasteiger partial charge on any atom is 0.270 e. The second-order valence-corrected chi connectivity index (χ2v) is 7.21. The van der Waals surface area contributed by atoms with Gasteiger partial charge in [0.15, 0.2) is 0 Å². The quantitative estimate of drug-likeness (QED) is 0.604. The summed E-state index contributed by atoms with van der Waals surface area (Å²) in [6.45, 7) is 3.56. The van der Waals surface area contributed by atoms with E-state index >= 15 is 0 Å². The highest BCUT2D eigenvalue weighted by atomic mass is 16.6. The van der Waals surface area contributed by atoms with Crippen LogP contribution in [0.2, 0.25) is 0 Å². The van der Waals surface area contributed by atoms with Crippen molar-refractivity contribution in [2.24, 2.45) is 11.1 Å². The Labute approximate surface area is 163 Å². The highest BCUT2D eigenvalue weighted by Crippen LogP contribution is 2.34. The van der Waals surface area contributed by atoms with Crippen LogP contribution in [0.15, 0.2) is 42.5 Å². The minimum absolute atomic E-state index is 0.145. The van der Waals surface area contributed by atoms with Gasteiger partial charge in [-0.05, 0) is 48.7 Å². The van der Waals surface area contributed by atoms with Crippen molar-refractivity contribution in [1.82, 2.24) is 4.90 Å². The number of likely N-dealkylation sites (tertiary alicyclic amines) is 1. The van der Waals surface area contributed by atoms with Crippen LogP contribution in [0.4, 0.5) is 5.69 Å². The Morgan fingerprint density at radius 3 is 2.50 bits per heavy atom. The Morgan fingerprint density at radius 1 is 1.25 bits per heavy atom. The molecule has 1 amide bonds. The number of carbonyl (C=O) groups excluding carboxylic acids is 1. The molecule has 1 aliphatic rings. The van der Waals surface area contributed by atoms with Gasteiger partial charge in [0, 0.05) is 25.2 Å². The number of benzene rings is 2. The third kappa shape index (κ3) is 4.07. The molecule has 1 aliphatic heterocycles. The van der Waals surface area contributed by atoms with Crippen molar-refractivity contribution < 1.29 is 19.2 Å². The fraction of sp³-hybridized carbons (Fsp3) is 0.350. The number of non-ortho nitro benzene ring substituents is 1. The molecular formula is C20H23N3O5. The second-order valence-electron chi connectivity index (χ2n) is 7.21. The van der Waals surface area contributed by atoms with Crippen LogP contribution in [0, 0.1) is 15.5 Å². The Balaban J connectivity index is 1.91. The first-order valence-electron chi connectivity index (χ1n) is 8.95. The Morgan fingerprint density at radius 2 is 1.93 bits per heavy atom. The highest BCUT2D eigenvalue weighted by Gasteiger charge is 2.36. The summed E-state index contributed by atoms with van der Waals surface area (Å²) >= 11 is 0. The largest absolute Gasteiger partial charge is 0.497 e. The van der Waals surface area contributed by atoms with E-state index in [4.69, 9.17) is 15.2 Å². The van der Waals surface area contributed by atoms with Gasteiger partial charge in [0.25, 0.3) is 11.6 Å². The molecule has 3 rings (SSSR count). The van der Waals surface area contributed by atoms with Gasteiger partial charge in [0.05, 0.1) is 17.6 Å². The van der Waals surface area contributed by atoms with E-state index in [1.165, 1.54) is 18.2 Å². The molecule has 1 fully saturated rings. The third-order valence-corrected chi connectivity index (χ3v) is 5.03. The maximum atomic E-state index is 13.1. The van der Waals surface area contributed by atoms with E-state index in [0.717, 1.165) is 6.42 Å². The fourth-order valence-corrected chi connectivity index (χ4v) is 3.19.